The van der Waals surface area contributed by atoms with Crippen LogP contribution in [0.25, 0.3) is 0 Å². The molecule has 0 bridgehead atoms. The number of aromatic nitrogens is 2. The van der Waals surface area contributed by atoms with Crippen molar-refractivity contribution in [2.24, 2.45) is 0 Å². The minimum absolute atomic E-state index is 0.0943. The van der Waals surface area contributed by atoms with Crippen LogP contribution in [0.15, 0.2) is 6.20 Å². The minimum Gasteiger partial charge on any atom is -0.337 e. The lowest BCUT2D eigenvalue weighted by molar-refractivity contribution is 0.0741. The summed E-state index contributed by atoms with van der Waals surface area (Å²) in [6, 6.07) is 0.452. The predicted molar refractivity (Wildman–Crippen MR) is 70.5 cm³/mol. The van der Waals surface area contributed by atoms with Crippen LogP contribution in [0.4, 0.5) is 0 Å². The molecule has 1 aromatic rings. The fourth-order valence-electron chi connectivity index (χ4n) is 2.46. The summed E-state index contributed by atoms with van der Waals surface area (Å²) in [4.78, 5) is 14.4. The molecule has 1 fully saturated rings. The molecule has 0 aromatic carbocycles. The second kappa shape index (κ2) is 6.00. The highest BCUT2D eigenvalue weighted by atomic mass is 16.2. The molecule has 0 spiro atoms. The van der Waals surface area contributed by atoms with Gasteiger partial charge in [-0.2, -0.15) is 5.10 Å². The third kappa shape index (κ3) is 2.90. The topological polar surface area (TPSA) is 61.0 Å². The lowest BCUT2D eigenvalue weighted by Gasteiger charge is -2.25. The van der Waals surface area contributed by atoms with Crippen molar-refractivity contribution in [2.45, 2.75) is 39.2 Å². The van der Waals surface area contributed by atoms with Crippen molar-refractivity contribution in [3.8, 4) is 0 Å². The summed E-state index contributed by atoms with van der Waals surface area (Å²) in [5, 5.41) is 10.2. The summed E-state index contributed by atoms with van der Waals surface area (Å²) in [6.07, 6.45) is 4.99. The Balaban J connectivity index is 2.04. The van der Waals surface area contributed by atoms with Crippen LogP contribution < -0.4 is 5.32 Å². The molecule has 1 aromatic heterocycles. The number of H-pyrrole nitrogens is 1. The largest absolute Gasteiger partial charge is 0.337 e. The number of aryl methyl sites for hydroxylation is 1. The van der Waals surface area contributed by atoms with E-state index in [0.29, 0.717) is 11.6 Å². The van der Waals surface area contributed by atoms with Crippen LogP contribution in [0, 0.1) is 6.92 Å². The Morgan fingerprint density at radius 2 is 2.44 bits per heavy atom. The number of rotatable bonds is 5. The molecule has 100 valence electrons. The predicted octanol–water partition coefficient (Wildman–Crippen LogP) is 1.32. The minimum atomic E-state index is 0.0943. The summed E-state index contributed by atoms with van der Waals surface area (Å²) >= 11 is 0. The smallest absolute Gasteiger partial charge is 0.257 e. The highest BCUT2D eigenvalue weighted by molar-refractivity contribution is 5.95. The van der Waals surface area contributed by atoms with E-state index in [-0.39, 0.29) is 5.91 Å². The van der Waals surface area contributed by atoms with Crippen molar-refractivity contribution in [2.75, 3.05) is 19.6 Å². The van der Waals surface area contributed by atoms with Gasteiger partial charge in [0.1, 0.15) is 0 Å². The molecule has 0 saturated carbocycles. The fourth-order valence-corrected chi connectivity index (χ4v) is 2.46. The molecule has 1 aliphatic heterocycles. The molecule has 1 amide bonds. The Bertz CT molecular complexity index is 395. The highest BCUT2D eigenvalue weighted by Gasteiger charge is 2.23. The van der Waals surface area contributed by atoms with Gasteiger partial charge in [0, 0.05) is 24.8 Å². The van der Waals surface area contributed by atoms with Crippen LogP contribution in [-0.4, -0.2) is 46.7 Å². The molecule has 5 nitrogen and oxygen atoms in total. The number of carbonyl (C=O) groups excluding carboxylic acids is 1. The molecule has 2 N–H and O–H groups in total. The summed E-state index contributed by atoms with van der Waals surface area (Å²) in [5.74, 6) is 0.0943. The van der Waals surface area contributed by atoms with Gasteiger partial charge >= 0.3 is 0 Å². The Kier molecular flexibility index (Phi) is 4.36. The molecule has 0 aliphatic carbocycles. The zero-order valence-electron chi connectivity index (χ0n) is 11.2. The first-order chi connectivity index (χ1) is 8.72. The van der Waals surface area contributed by atoms with E-state index in [1.165, 1.54) is 6.42 Å². The quantitative estimate of drug-likeness (QED) is 0.828. The second-order valence-electron chi connectivity index (χ2n) is 4.95. The average molecular weight is 250 g/mol. The molecular weight excluding hydrogens is 228 g/mol. The Hall–Kier alpha value is -1.36. The molecule has 2 heterocycles. The Morgan fingerprint density at radius 1 is 1.61 bits per heavy atom. The maximum atomic E-state index is 12.4. The molecule has 5 heteroatoms. The second-order valence-corrected chi connectivity index (χ2v) is 4.95. The fraction of sp³-hybridized carbons (Fsp3) is 0.692. The van der Waals surface area contributed by atoms with E-state index in [0.717, 1.165) is 38.2 Å². The number of amides is 1. The van der Waals surface area contributed by atoms with E-state index in [1.807, 2.05) is 11.8 Å². The van der Waals surface area contributed by atoms with Crippen molar-refractivity contribution in [3.63, 3.8) is 0 Å². The number of carbonyl (C=O) groups is 1. The zero-order chi connectivity index (χ0) is 13.0. The maximum absolute atomic E-state index is 12.4. The molecule has 1 saturated heterocycles. The first kappa shape index (κ1) is 13.1. The van der Waals surface area contributed by atoms with Crippen LogP contribution in [0.3, 0.4) is 0 Å². The van der Waals surface area contributed by atoms with Crippen LogP contribution in [0.2, 0.25) is 0 Å². The van der Waals surface area contributed by atoms with Crippen LogP contribution in [0.5, 0.6) is 0 Å². The van der Waals surface area contributed by atoms with Crippen molar-refractivity contribution >= 4 is 5.91 Å². The van der Waals surface area contributed by atoms with Gasteiger partial charge in [-0.15, -0.1) is 0 Å². The summed E-state index contributed by atoms with van der Waals surface area (Å²) in [5.41, 5.74) is 1.54. The third-order valence-electron chi connectivity index (χ3n) is 3.44. The molecule has 18 heavy (non-hydrogen) atoms. The van der Waals surface area contributed by atoms with E-state index in [2.05, 4.69) is 22.4 Å². The van der Waals surface area contributed by atoms with Gasteiger partial charge in [0.25, 0.3) is 5.91 Å². The van der Waals surface area contributed by atoms with Crippen LogP contribution in [-0.2, 0) is 0 Å². The van der Waals surface area contributed by atoms with Gasteiger partial charge in [-0.05, 0) is 32.7 Å². The van der Waals surface area contributed by atoms with Gasteiger partial charge in [-0.25, -0.2) is 0 Å². The van der Waals surface area contributed by atoms with Crippen molar-refractivity contribution in [3.05, 3.63) is 17.5 Å². The number of nitrogens with one attached hydrogen (secondary N) is 2. The zero-order valence-corrected chi connectivity index (χ0v) is 11.2. The van der Waals surface area contributed by atoms with Gasteiger partial charge in [0.05, 0.1) is 11.8 Å². The maximum Gasteiger partial charge on any atom is 0.257 e. The third-order valence-corrected chi connectivity index (χ3v) is 3.44. The average Bonchev–Trinajstić information content (AvgIpc) is 2.99. The monoisotopic (exact) mass is 250 g/mol. The molecule has 1 unspecified atom stereocenters. The SMILES string of the molecule is CCCN(CC1CCCN1)C(=O)c1cn[nH]c1C. The van der Waals surface area contributed by atoms with E-state index >= 15 is 0 Å². The summed E-state index contributed by atoms with van der Waals surface area (Å²) < 4.78 is 0. The number of aromatic amines is 1. The van der Waals surface area contributed by atoms with E-state index in [4.69, 9.17) is 0 Å². The summed E-state index contributed by atoms with van der Waals surface area (Å²) in [6.45, 7) is 6.67. The van der Waals surface area contributed by atoms with Gasteiger partial charge in [-0.1, -0.05) is 6.92 Å². The van der Waals surface area contributed by atoms with Crippen molar-refractivity contribution in [1.82, 2.24) is 20.4 Å². The van der Waals surface area contributed by atoms with E-state index in [1.54, 1.807) is 6.20 Å². The number of hydrogen-bond acceptors (Lipinski definition) is 3. The number of hydrogen-bond donors (Lipinski definition) is 2. The molecular formula is C13H22N4O. The first-order valence-corrected chi connectivity index (χ1v) is 6.75. The van der Waals surface area contributed by atoms with Gasteiger partial charge < -0.3 is 10.2 Å². The molecule has 0 radical (unpaired) electrons. The normalized spacial score (nSPS) is 19.1. The first-order valence-electron chi connectivity index (χ1n) is 6.75. The van der Waals surface area contributed by atoms with Crippen LogP contribution in [0.1, 0.15) is 42.2 Å². The van der Waals surface area contributed by atoms with Crippen LogP contribution >= 0.6 is 0 Å². The van der Waals surface area contributed by atoms with Gasteiger partial charge in [0.15, 0.2) is 0 Å². The Labute approximate surface area is 108 Å². The van der Waals surface area contributed by atoms with Crippen molar-refractivity contribution in [1.29, 1.82) is 0 Å². The van der Waals surface area contributed by atoms with Gasteiger partial charge in [0.2, 0.25) is 0 Å². The summed E-state index contributed by atoms with van der Waals surface area (Å²) in [7, 11) is 0. The lowest BCUT2D eigenvalue weighted by atomic mass is 10.1. The number of nitrogens with zero attached hydrogens (tertiary/aromatic N) is 2. The highest BCUT2D eigenvalue weighted by Crippen LogP contribution is 2.12. The van der Waals surface area contributed by atoms with Gasteiger partial charge in [-0.3, -0.25) is 9.89 Å². The standard InChI is InChI=1S/C13H22N4O/c1-3-7-17(9-11-5-4-6-14-11)13(18)12-8-15-16-10(12)2/h8,11,14H,3-7,9H2,1-2H3,(H,15,16). The lowest BCUT2D eigenvalue weighted by Crippen LogP contribution is -2.41. The van der Waals surface area contributed by atoms with Crippen molar-refractivity contribution < 1.29 is 4.79 Å². The molecule has 1 atom stereocenters. The molecule has 1 aliphatic rings. The van der Waals surface area contributed by atoms with E-state index in [9.17, 15) is 4.79 Å². The Morgan fingerprint density at radius 3 is 3.00 bits per heavy atom. The molecule has 2 rings (SSSR count). The van der Waals surface area contributed by atoms with E-state index < -0.39 is 0 Å².